The van der Waals surface area contributed by atoms with Gasteiger partial charge in [-0.3, -0.25) is 0 Å². The smallest absolute Gasteiger partial charge is 0.187 e. The summed E-state index contributed by atoms with van der Waals surface area (Å²) in [5, 5.41) is 240. The highest BCUT2D eigenvalue weighted by atomic mass is 16.8. The van der Waals surface area contributed by atoms with E-state index >= 15 is 0 Å². The number of hydrogen-bond acceptors (Lipinski definition) is 37. The van der Waals surface area contributed by atoms with Gasteiger partial charge in [-0.25, -0.2) is 0 Å². The Balaban J connectivity index is 0.718. The van der Waals surface area contributed by atoms with Gasteiger partial charge in [0.15, 0.2) is 49.8 Å². The van der Waals surface area contributed by atoms with E-state index in [-0.39, 0.29) is 59.0 Å². The molecule has 0 radical (unpaired) electrons. The van der Waals surface area contributed by atoms with E-state index in [1.54, 1.807) is 0 Å². The average molecular weight is 1520 g/mol. The topological polar surface area (TPSA) is 584 Å². The van der Waals surface area contributed by atoms with Gasteiger partial charge < -0.3 is 183 Å². The molecule has 22 N–H and O–H groups in total. The highest BCUT2D eigenvalue weighted by Crippen LogP contribution is 2.70. The lowest BCUT2D eigenvalue weighted by Crippen LogP contribution is -2.68. The zero-order valence-corrected chi connectivity index (χ0v) is 59.1. The molecule has 0 aromatic heterocycles. The van der Waals surface area contributed by atoms with E-state index in [0.717, 1.165) is 31.3 Å². The second-order valence-electron chi connectivity index (χ2n) is 31.8. The number of hydrogen-bond donors (Lipinski definition) is 22. The molecule has 12 rings (SSSR count). The predicted octanol–water partition coefficient (Wildman–Crippen LogP) is -8.90. The van der Waals surface area contributed by atoms with Crippen molar-refractivity contribution in [3.8, 4) is 0 Å². The largest absolute Gasteiger partial charge is 0.394 e. The van der Waals surface area contributed by atoms with Crippen molar-refractivity contribution in [3.05, 3.63) is 11.6 Å². The normalized spacial score (nSPS) is 54.8. The minimum Gasteiger partial charge on any atom is -0.394 e. The van der Waals surface area contributed by atoms with Crippen LogP contribution in [0.15, 0.2) is 11.6 Å². The average Bonchev–Trinajstić information content (AvgIpc) is 1.54. The van der Waals surface area contributed by atoms with Gasteiger partial charge in [0.2, 0.25) is 0 Å². The molecule has 0 aromatic carbocycles. The van der Waals surface area contributed by atoms with Gasteiger partial charge in [0.1, 0.15) is 159 Å². The maximum Gasteiger partial charge on any atom is 0.187 e. The number of ether oxygens (including phenoxy) is 15. The Kier molecular flexibility index (Phi) is 26.3. The highest BCUT2D eigenvalue weighted by molar-refractivity contribution is 5.27. The first-order chi connectivity index (χ1) is 49.7. The summed E-state index contributed by atoms with van der Waals surface area (Å²) in [5.41, 5.74) is 0.725. The van der Waals surface area contributed by atoms with E-state index in [4.69, 9.17) is 71.1 Å². The lowest BCUT2D eigenvalue weighted by atomic mass is 9.47. The summed E-state index contributed by atoms with van der Waals surface area (Å²) < 4.78 is 90.0. The minimum atomic E-state index is -2.24. The van der Waals surface area contributed by atoms with Gasteiger partial charge in [0.05, 0.1) is 64.6 Å². The van der Waals surface area contributed by atoms with E-state index in [2.05, 4.69) is 26.8 Å². The third kappa shape index (κ3) is 15.8. The van der Waals surface area contributed by atoms with Gasteiger partial charge in [0.25, 0.3) is 0 Å². The summed E-state index contributed by atoms with van der Waals surface area (Å²) in [6.45, 7) is 5.32. The van der Waals surface area contributed by atoms with Crippen LogP contribution in [0.4, 0.5) is 0 Å². The van der Waals surface area contributed by atoms with Crippen LogP contribution in [0.1, 0.15) is 92.4 Å². The highest BCUT2D eigenvalue weighted by Gasteiger charge is 2.69. The molecule has 45 unspecified atom stereocenters. The second-order valence-corrected chi connectivity index (χ2v) is 31.8. The molecule has 3 saturated carbocycles. The first-order valence-corrected chi connectivity index (χ1v) is 36.9. The third-order valence-electron chi connectivity index (χ3n) is 25.4. The van der Waals surface area contributed by atoms with E-state index in [0.29, 0.717) is 32.1 Å². The van der Waals surface area contributed by atoms with Gasteiger partial charge >= 0.3 is 0 Å². The Morgan fingerprint density at radius 3 is 1.67 bits per heavy atom. The van der Waals surface area contributed by atoms with E-state index in [1.807, 2.05) is 6.92 Å². The van der Waals surface area contributed by atoms with Crippen LogP contribution in [-0.4, -0.2) is 385 Å². The predicted molar refractivity (Wildman–Crippen MR) is 342 cm³/mol. The summed E-state index contributed by atoms with van der Waals surface area (Å²) in [6, 6.07) is 0. The first-order valence-electron chi connectivity index (χ1n) is 36.9. The fourth-order valence-electron chi connectivity index (χ4n) is 19.1. The molecule has 8 aliphatic heterocycles. The minimum absolute atomic E-state index is 0.0702. The Morgan fingerprint density at radius 1 is 0.486 bits per heavy atom. The SMILES string of the molecule is CC(CCC1(O)OC2CC3C4CC=C5CC(OC6OC(CO)C(OC7OC(CO)C(O)C(OC8OC(COC9OC(CO)C(O)C(O)C9O)C(OC9OCC(O)C(O)C9O)C(O)C8O)C7O)C(O)C6OC6OC(C)C(O)C(O)C6O)CCC5(C)C4CCC3(C)C2C1C)COC1OC(CO)C(O)C(O)C1O. The van der Waals surface area contributed by atoms with Crippen molar-refractivity contribution in [2.24, 2.45) is 46.3 Å². The molecule has 45 atom stereocenters. The van der Waals surface area contributed by atoms with Crippen LogP contribution in [-0.2, 0) is 71.1 Å². The van der Waals surface area contributed by atoms with Gasteiger partial charge in [0, 0.05) is 12.3 Å². The fraction of sp³-hybridized carbons (Fsp3) is 0.971. The molecule has 4 aliphatic carbocycles. The molecule has 105 heavy (non-hydrogen) atoms. The number of aliphatic hydroxyl groups excluding tert-OH is 21. The molecular formula is C68H112O37. The molecule has 8 saturated heterocycles. The zero-order valence-electron chi connectivity index (χ0n) is 59.1. The summed E-state index contributed by atoms with van der Waals surface area (Å²) in [4.78, 5) is 0. The fourth-order valence-corrected chi connectivity index (χ4v) is 19.1. The maximum absolute atomic E-state index is 12.6. The van der Waals surface area contributed by atoms with Crippen molar-refractivity contribution >= 4 is 0 Å². The lowest BCUT2D eigenvalue weighted by molar-refractivity contribution is -0.400. The molecule has 37 heteroatoms. The van der Waals surface area contributed by atoms with Gasteiger partial charge in [-0.15, -0.1) is 0 Å². The van der Waals surface area contributed by atoms with Gasteiger partial charge in [-0.2, -0.15) is 0 Å². The molecule has 12 aliphatic rings. The van der Waals surface area contributed by atoms with Crippen molar-refractivity contribution in [1.29, 1.82) is 0 Å². The van der Waals surface area contributed by atoms with Gasteiger partial charge in [-0.05, 0) is 98.7 Å². The van der Waals surface area contributed by atoms with Crippen molar-refractivity contribution in [2.75, 3.05) is 46.2 Å². The number of aliphatic hydroxyl groups is 22. The van der Waals surface area contributed by atoms with Crippen molar-refractivity contribution in [1.82, 2.24) is 0 Å². The van der Waals surface area contributed by atoms with Gasteiger partial charge in [-0.1, -0.05) is 39.3 Å². The Labute approximate surface area is 605 Å². The van der Waals surface area contributed by atoms with Crippen LogP contribution in [0, 0.1) is 46.3 Å². The molecule has 0 aromatic rings. The standard InChI is InChI=1S/C68H112O37/c1-23(20-91-59-49(84)45(80)41(76)33(16-69)96-59)8-13-68(90)24(2)38-32(105-68)15-30-28-7-6-26-14-27(9-11-66(26,4)29(28)10-12-67(30,38)5)95-65-58(104-62-51(86)44(79)39(74)25(3)94-62)53(88)55(36(19-72)99-65)102-64-54(89)57(43(78)35(18-71)98-64)103-63-52(87)47(82)56(101-61-48(83)40(75)31(73)21-92-61)37(100-63)22-93-60-50(85)46(81)42(77)34(17-70)97-60/h6,23-25,27-65,69-90H,7-22H2,1-5H3. The molecule has 0 spiro atoms. The molecule has 606 valence electrons. The Morgan fingerprint density at radius 2 is 1.01 bits per heavy atom. The molecule has 8 heterocycles. The molecular weight excluding hydrogens is 1410 g/mol. The molecule has 0 bridgehead atoms. The van der Waals surface area contributed by atoms with Crippen LogP contribution < -0.4 is 0 Å². The summed E-state index contributed by atoms with van der Waals surface area (Å²) in [6.07, 6.45) is -53.3. The van der Waals surface area contributed by atoms with Crippen LogP contribution in [0.3, 0.4) is 0 Å². The third-order valence-corrected chi connectivity index (χ3v) is 25.4. The number of allylic oxidation sites excluding steroid dienone is 1. The number of fused-ring (bicyclic) bond motifs is 7. The first kappa shape index (κ1) is 82.7. The summed E-state index contributed by atoms with van der Waals surface area (Å²) >= 11 is 0. The number of rotatable bonds is 23. The second kappa shape index (κ2) is 33.4. The summed E-state index contributed by atoms with van der Waals surface area (Å²) in [7, 11) is 0. The van der Waals surface area contributed by atoms with Crippen LogP contribution in [0.25, 0.3) is 0 Å². The quantitative estimate of drug-likeness (QED) is 0.0423. The Hall–Kier alpha value is -1.74. The van der Waals surface area contributed by atoms with Crippen LogP contribution in [0.5, 0.6) is 0 Å². The maximum atomic E-state index is 12.6. The van der Waals surface area contributed by atoms with Crippen molar-refractivity contribution < 1.29 is 183 Å². The van der Waals surface area contributed by atoms with E-state index in [9.17, 15) is 112 Å². The zero-order chi connectivity index (χ0) is 76.0. The van der Waals surface area contributed by atoms with Crippen LogP contribution >= 0.6 is 0 Å². The van der Waals surface area contributed by atoms with Crippen molar-refractivity contribution in [2.45, 2.75) is 319 Å². The lowest BCUT2D eigenvalue weighted by Gasteiger charge is -2.58. The van der Waals surface area contributed by atoms with Crippen LogP contribution in [0.2, 0.25) is 0 Å². The molecule has 0 amide bonds. The molecule has 11 fully saturated rings. The summed E-state index contributed by atoms with van der Waals surface area (Å²) in [5.74, 6) is -0.845. The Bertz CT molecular complexity index is 2840. The monoisotopic (exact) mass is 1520 g/mol. The van der Waals surface area contributed by atoms with E-state index in [1.165, 1.54) is 6.92 Å². The van der Waals surface area contributed by atoms with E-state index < -0.39 is 260 Å². The molecule has 37 nitrogen and oxygen atoms in total. The van der Waals surface area contributed by atoms with Crippen molar-refractivity contribution in [3.63, 3.8) is 0 Å².